The number of phenols is 1. The minimum atomic E-state index is -1.21. The highest BCUT2D eigenvalue weighted by atomic mass is 16.6. The fraction of sp³-hybridized carbons (Fsp3) is 0.0667. The second-order valence-corrected chi connectivity index (χ2v) is 4.55. The molecule has 6 nitrogen and oxygen atoms in total. The number of aromatic hydroxyl groups is 1. The van der Waals surface area contributed by atoms with Gasteiger partial charge in [-0.2, -0.15) is 0 Å². The molecular formula is C15H11NO5. The minimum absolute atomic E-state index is 0.190. The van der Waals surface area contributed by atoms with Gasteiger partial charge in [-0.15, -0.1) is 0 Å². The van der Waals surface area contributed by atoms with Gasteiger partial charge in [-0.05, 0) is 18.2 Å². The van der Waals surface area contributed by atoms with E-state index < -0.39 is 18.2 Å². The number of benzene rings is 2. The molecule has 0 amide bonds. The Balaban J connectivity index is 1.87. The first-order valence-electron chi connectivity index (χ1n) is 6.19. The van der Waals surface area contributed by atoms with E-state index in [-0.39, 0.29) is 11.3 Å². The fourth-order valence-corrected chi connectivity index (χ4v) is 2.21. The molecule has 3 rings (SSSR count). The molecule has 0 radical (unpaired) electrons. The fourth-order valence-electron chi connectivity index (χ4n) is 2.21. The maximum absolute atomic E-state index is 11.7. The number of aromatic carboxylic acids is 1. The van der Waals surface area contributed by atoms with E-state index in [2.05, 4.69) is 5.32 Å². The summed E-state index contributed by atoms with van der Waals surface area (Å²) in [5.41, 5.74) is 1.45. The Morgan fingerprint density at radius 3 is 2.67 bits per heavy atom. The lowest BCUT2D eigenvalue weighted by molar-refractivity contribution is 0.0437. The van der Waals surface area contributed by atoms with Crippen molar-refractivity contribution in [2.45, 2.75) is 6.23 Å². The van der Waals surface area contributed by atoms with Crippen LogP contribution in [0, 0.1) is 0 Å². The quantitative estimate of drug-likeness (QED) is 0.749. The summed E-state index contributed by atoms with van der Waals surface area (Å²) in [5.74, 6) is -1.99. The summed E-state index contributed by atoms with van der Waals surface area (Å²) in [4.78, 5) is 22.5. The van der Waals surface area contributed by atoms with Gasteiger partial charge in [0, 0.05) is 17.3 Å². The van der Waals surface area contributed by atoms with Crippen LogP contribution in [0.3, 0.4) is 0 Å². The Bertz CT molecular complexity index is 741. The van der Waals surface area contributed by atoms with Gasteiger partial charge >= 0.3 is 11.9 Å². The molecule has 0 aromatic heterocycles. The van der Waals surface area contributed by atoms with Gasteiger partial charge in [0.25, 0.3) is 0 Å². The van der Waals surface area contributed by atoms with Gasteiger partial charge in [-0.3, -0.25) is 0 Å². The molecule has 0 aliphatic carbocycles. The summed E-state index contributed by atoms with van der Waals surface area (Å²) in [5, 5.41) is 21.4. The van der Waals surface area contributed by atoms with Gasteiger partial charge in [0.1, 0.15) is 11.3 Å². The number of fused-ring (bicyclic) bond motifs is 1. The monoisotopic (exact) mass is 285 g/mol. The first-order valence-corrected chi connectivity index (χ1v) is 6.19. The van der Waals surface area contributed by atoms with Crippen LogP contribution in [-0.4, -0.2) is 22.2 Å². The zero-order chi connectivity index (χ0) is 15.0. The van der Waals surface area contributed by atoms with Crippen LogP contribution in [-0.2, 0) is 4.74 Å². The lowest BCUT2D eigenvalue weighted by atomic mass is 10.1. The number of ether oxygens (including phenoxy) is 1. The van der Waals surface area contributed by atoms with Crippen molar-refractivity contribution in [2.75, 3.05) is 5.32 Å². The first-order chi connectivity index (χ1) is 10.1. The predicted octanol–water partition coefficient (Wildman–Crippen LogP) is 2.37. The number of nitrogens with one attached hydrogen (secondary N) is 1. The van der Waals surface area contributed by atoms with Crippen LogP contribution in [0.25, 0.3) is 0 Å². The van der Waals surface area contributed by atoms with Crippen molar-refractivity contribution in [3.63, 3.8) is 0 Å². The van der Waals surface area contributed by atoms with Crippen LogP contribution < -0.4 is 5.32 Å². The molecule has 3 N–H and O–H groups in total. The number of esters is 1. The molecule has 0 saturated heterocycles. The van der Waals surface area contributed by atoms with E-state index in [1.165, 1.54) is 18.2 Å². The normalized spacial score (nSPS) is 16.2. The lowest BCUT2D eigenvalue weighted by Crippen LogP contribution is -2.10. The number of carboxylic acids is 1. The number of carboxylic acid groups (broad SMARTS) is 1. The molecule has 106 valence electrons. The van der Waals surface area contributed by atoms with Gasteiger partial charge in [0.05, 0.1) is 5.56 Å². The van der Waals surface area contributed by atoms with Gasteiger partial charge in [0.15, 0.2) is 0 Å². The number of cyclic esters (lactones) is 1. The smallest absolute Gasteiger partial charge is 0.340 e. The molecule has 1 unspecified atom stereocenters. The SMILES string of the molecule is O=C(O)c1ccc(NC2OC(=O)c3ccccc32)cc1O. The van der Waals surface area contributed by atoms with Gasteiger partial charge in [-0.1, -0.05) is 18.2 Å². The van der Waals surface area contributed by atoms with E-state index >= 15 is 0 Å². The van der Waals surface area contributed by atoms with Crippen LogP contribution in [0.5, 0.6) is 5.75 Å². The lowest BCUT2D eigenvalue weighted by Gasteiger charge is -2.14. The third kappa shape index (κ3) is 2.27. The Labute approximate surface area is 119 Å². The topological polar surface area (TPSA) is 95.9 Å². The predicted molar refractivity (Wildman–Crippen MR) is 73.3 cm³/mol. The van der Waals surface area contributed by atoms with E-state index in [1.54, 1.807) is 24.3 Å². The number of carbonyl (C=O) groups excluding carboxylic acids is 1. The van der Waals surface area contributed by atoms with Crippen LogP contribution in [0.15, 0.2) is 42.5 Å². The average molecular weight is 285 g/mol. The van der Waals surface area contributed by atoms with Crippen molar-refractivity contribution in [1.29, 1.82) is 0 Å². The van der Waals surface area contributed by atoms with Crippen molar-refractivity contribution in [3.05, 3.63) is 59.2 Å². The molecule has 1 atom stereocenters. The molecule has 0 saturated carbocycles. The molecule has 2 aromatic rings. The molecule has 6 heteroatoms. The molecule has 21 heavy (non-hydrogen) atoms. The number of hydrogen-bond donors (Lipinski definition) is 3. The molecule has 0 bridgehead atoms. The van der Waals surface area contributed by atoms with Gasteiger partial charge < -0.3 is 20.3 Å². The largest absolute Gasteiger partial charge is 0.507 e. The zero-order valence-electron chi connectivity index (χ0n) is 10.7. The number of rotatable bonds is 3. The molecule has 1 aliphatic heterocycles. The second kappa shape index (κ2) is 4.82. The summed E-state index contributed by atoms with van der Waals surface area (Å²) in [6, 6.07) is 11.0. The van der Waals surface area contributed by atoms with E-state index in [0.29, 0.717) is 16.8 Å². The average Bonchev–Trinajstić information content (AvgIpc) is 2.76. The first kappa shape index (κ1) is 13.0. The van der Waals surface area contributed by atoms with Crippen molar-refractivity contribution < 1.29 is 24.5 Å². The molecule has 1 heterocycles. The molecular weight excluding hydrogens is 274 g/mol. The van der Waals surface area contributed by atoms with Crippen molar-refractivity contribution >= 4 is 17.6 Å². The maximum atomic E-state index is 11.7. The number of hydrogen-bond acceptors (Lipinski definition) is 5. The Morgan fingerprint density at radius 1 is 1.19 bits per heavy atom. The molecule has 2 aromatic carbocycles. The van der Waals surface area contributed by atoms with Crippen LogP contribution in [0.4, 0.5) is 5.69 Å². The summed E-state index contributed by atoms with van der Waals surface area (Å²) >= 11 is 0. The van der Waals surface area contributed by atoms with Crippen LogP contribution >= 0.6 is 0 Å². The number of carbonyl (C=O) groups is 2. The number of anilines is 1. The summed E-state index contributed by atoms with van der Waals surface area (Å²) in [7, 11) is 0. The minimum Gasteiger partial charge on any atom is -0.507 e. The third-order valence-corrected chi connectivity index (χ3v) is 3.21. The zero-order valence-corrected chi connectivity index (χ0v) is 10.7. The maximum Gasteiger partial charge on any atom is 0.340 e. The van der Waals surface area contributed by atoms with Crippen molar-refractivity contribution in [2.24, 2.45) is 0 Å². The summed E-state index contributed by atoms with van der Waals surface area (Å²) in [6.45, 7) is 0. The highest BCUT2D eigenvalue weighted by Gasteiger charge is 2.30. The third-order valence-electron chi connectivity index (χ3n) is 3.21. The standard InChI is InChI=1S/C15H11NO5/c17-12-7-8(5-6-11(12)14(18)19)16-13-9-3-1-2-4-10(9)15(20)21-13/h1-7,13,16-17H,(H,18,19). The Morgan fingerprint density at radius 2 is 1.95 bits per heavy atom. The van der Waals surface area contributed by atoms with Crippen molar-refractivity contribution in [1.82, 2.24) is 0 Å². The van der Waals surface area contributed by atoms with Gasteiger partial charge in [0.2, 0.25) is 6.23 Å². The molecule has 1 aliphatic rings. The second-order valence-electron chi connectivity index (χ2n) is 4.55. The Kier molecular flexibility index (Phi) is 2.98. The summed E-state index contributed by atoms with van der Waals surface area (Å²) < 4.78 is 5.21. The molecule has 0 fully saturated rings. The van der Waals surface area contributed by atoms with E-state index in [0.717, 1.165) is 0 Å². The van der Waals surface area contributed by atoms with Crippen LogP contribution in [0.2, 0.25) is 0 Å². The molecule has 0 spiro atoms. The van der Waals surface area contributed by atoms with E-state index in [9.17, 15) is 14.7 Å². The highest BCUT2D eigenvalue weighted by molar-refractivity contribution is 5.94. The van der Waals surface area contributed by atoms with E-state index in [1.807, 2.05) is 0 Å². The summed E-state index contributed by atoms with van der Waals surface area (Å²) in [6.07, 6.45) is -0.663. The van der Waals surface area contributed by atoms with Crippen molar-refractivity contribution in [3.8, 4) is 5.75 Å². The van der Waals surface area contributed by atoms with Gasteiger partial charge in [-0.25, -0.2) is 9.59 Å². The van der Waals surface area contributed by atoms with E-state index in [4.69, 9.17) is 9.84 Å². The van der Waals surface area contributed by atoms with Crippen LogP contribution in [0.1, 0.15) is 32.5 Å². The highest BCUT2D eigenvalue weighted by Crippen LogP contribution is 2.32. The Hall–Kier alpha value is -3.02.